The molecule has 0 saturated carbocycles. The van der Waals surface area contributed by atoms with Crippen LogP contribution in [0.2, 0.25) is 10.0 Å². The molecule has 0 aromatic heterocycles. The van der Waals surface area contributed by atoms with Crippen molar-refractivity contribution >= 4 is 58.2 Å². The summed E-state index contributed by atoms with van der Waals surface area (Å²) in [5.74, 6) is 0.200. The summed E-state index contributed by atoms with van der Waals surface area (Å²) in [6, 6.07) is 12.5. The Balaban J connectivity index is 1.57. The molecule has 2 aromatic carbocycles. The Kier molecular flexibility index (Phi) is 5.89. The summed E-state index contributed by atoms with van der Waals surface area (Å²) in [6.07, 6.45) is 1.49. The minimum absolute atomic E-state index is 0.143. The van der Waals surface area contributed by atoms with Crippen LogP contribution in [0.4, 0.5) is 11.4 Å². The molecule has 1 N–H and O–H groups in total. The summed E-state index contributed by atoms with van der Waals surface area (Å²) < 4.78 is 0. The van der Waals surface area contributed by atoms with E-state index < -0.39 is 0 Å². The Labute approximate surface area is 160 Å². The number of nitrogens with zero attached hydrogens (tertiary/aromatic N) is 1. The molecule has 0 atom stereocenters. The lowest BCUT2D eigenvalue weighted by Gasteiger charge is -2.16. The van der Waals surface area contributed by atoms with Gasteiger partial charge in [-0.3, -0.25) is 9.59 Å². The van der Waals surface area contributed by atoms with Gasteiger partial charge in [-0.1, -0.05) is 29.3 Å². The fourth-order valence-corrected chi connectivity index (χ4v) is 4.09. The van der Waals surface area contributed by atoms with Crippen LogP contribution in [-0.2, 0) is 9.59 Å². The van der Waals surface area contributed by atoms with Gasteiger partial charge in [0.1, 0.15) is 0 Å². The van der Waals surface area contributed by atoms with Gasteiger partial charge in [-0.25, -0.2) is 0 Å². The van der Waals surface area contributed by atoms with Crippen molar-refractivity contribution in [2.24, 2.45) is 0 Å². The maximum Gasteiger partial charge on any atom is 0.234 e. The molecule has 3 rings (SSSR count). The lowest BCUT2D eigenvalue weighted by Crippen LogP contribution is -2.23. The fraction of sp³-hybridized carbons (Fsp3) is 0.222. The van der Waals surface area contributed by atoms with Crippen LogP contribution in [0.25, 0.3) is 0 Å². The first-order chi connectivity index (χ1) is 12.0. The van der Waals surface area contributed by atoms with E-state index in [1.165, 1.54) is 11.8 Å². The predicted molar refractivity (Wildman–Crippen MR) is 104 cm³/mol. The molecule has 2 amide bonds. The van der Waals surface area contributed by atoms with Gasteiger partial charge in [-0.2, -0.15) is 0 Å². The average Bonchev–Trinajstić information content (AvgIpc) is 3.01. The molecular weight excluding hydrogens is 379 g/mol. The number of thioether (sulfide) groups is 1. The Morgan fingerprint density at radius 1 is 1.12 bits per heavy atom. The second kappa shape index (κ2) is 8.13. The number of halogens is 2. The number of hydrogen-bond acceptors (Lipinski definition) is 3. The van der Waals surface area contributed by atoms with Crippen LogP contribution in [0, 0.1) is 0 Å². The largest absolute Gasteiger partial charge is 0.325 e. The number of carbonyl (C=O) groups is 2. The van der Waals surface area contributed by atoms with Crippen molar-refractivity contribution in [3.05, 3.63) is 52.5 Å². The number of amides is 2. The van der Waals surface area contributed by atoms with Gasteiger partial charge in [0.25, 0.3) is 0 Å². The first-order valence-electron chi connectivity index (χ1n) is 7.81. The molecule has 1 aliphatic rings. The summed E-state index contributed by atoms with van der Waals surface area (Å²) in [4.78, 5) is 26.3. The van der Waals surface area contributed by atoms with Crippen LogP contribution in [0.1, 0.15) is 12.8 Å². The van der Waals surface area contributed by atoms with E-state index in [9.17, 15) is 9.59 Å². The molecule has 130 valence electrons. The van der Waals surface area contributed by atoms with Crippen LogP contribution < -0.4 is 10.2 Å². The maximum atomic E-state index is 12.1. The fourth-order valence-electron chi connectivity index (χ4n) is 2.60. The third-order valence-corrected chi connectivity index (χ3v) is 5.79. The quantitative estimate of drug-likeness (QED) is 0.737. The zero-order valence-corrected chi connectivity index (χ0v) is 15.6. The zero-order valence-electron chi connectivity index (χ0n) is 13.3. The van der Waals surface area contributed by atoms with Crippen molar-refractivity contribution in [3.63, 3.8) is 0 Å². The van der Waals surface area contributed by atoms with Crippen molar-refractivity contribution in [2.75, 3.05) is 22.5 Å². The molecule has 1 aliphatic heterocycles. The second-order valence-electron chi connectivity index (χ2n) is 5.58. The standard InChI is InChI=1S/C18H16Cl2N2O2S/c19-14-3-1-4-15(20)18(14)25-11-16(23)21-12-6-8-13(9-7-12)22-10-2-5-17(22)24/h1,3-4,6-9H,2,5,10-11H2,(H,21,23). The highest BCUT2D eigenvalue weighted by molar-refractivity contribution is 8.00. The van der Waals surface area contributed by atoms with Gasteiger partial charge in [0.2, 0.25) is 11.8 Å². The average molecular weight is 395 g/mol. The van der Waals surface area contributed by atoms with Gasteiger partial charge in [0.05, 0.1) is 15.8 Å². The summed E-state index contributed by atoms with van der Waals surface area (Å²) in [5.41, 5.74) is 1.55. The van der Waals surface area contributed by atoms with Crippen molar-refractivity contribution in [1.29, 1.82) is 0 Å². The van der Waals surface area contributed by atoms with E-state index in [0.29, 0.717) is 27.0 Å². The number of rotatable bonds is 5. The van der Waals surface area contributed by atoms with Crippen LogP contribution in [0.5, 0.6) is 0 Å². The van der Waals surface area contributed by atoms with Gasteiger partial charge in [-0.15, -0.1) is 11.8 Å². The molecule has 1 fully saturated rings. The summed E-state index contributed by atoms with van der Waals surface area (Å²) in [6.45, 7) is 0.750. The van der Waals surface area contributed by atoms with Crippen LogP contribution in [-0.4, -0.2) is 24.1 Å². The van der Waals surface area contributed by atoms with E-state index in [1.807, 2.05) is 12.1 Å². The third-order valence-electron chi connectivity index (χ3n) is 3.80. The molecule has 2 aromatic rings. The molecule has 1 heterocycles. The SMILES string of the molecule is O=C(CSc1c(Cl)cccc1Cl)Nc1ccc(N2CCCC2=O)cc1. The highest BCUT2D eigenvalue weighted by Crippen LogP contribution is 2.33. The van der Waals surface area contributed by atoms with Crippen LogP contribution in [0.15, 0.2) is 47.4 Å². The first kappa shape index (κ1) is 18.1. The summed E-state index contributed by atoms with van der Waals surface area (Å²) in [5, 5.41) is 3.90. The van der Waals surface area contributed by atoms with E-state index >= 15 is 0 Å². The highest BCUT2D eigenvalue weighted by Gasteiger charge is 2.21. The van der Waals surface area contributed by atoms with Crippen molar-refractivity contribution in [1.82, 2.24) is 0 Å². The highest BCUT2D eigenvalue weighted by atomic mass is 35.5. The smallest absolute Gasteiger partial charge is 0.234 e. The van der Waals surface area contributed by atoms with Crippen molar-refractivity contribution in [3.8, 4) is 0 Å². The van der Waals surface area contributed by atoms with E-state index in [0.717, 1.165) is 18.7 Å². The number of hydrogen-bond donors (Lipinski definition) is 1. The van der Waals surface area contributed by atoms with Gasteiger partial charge >= 0.3 is 0 Å². The molecule has 0 radical (unpaired) electrons. The Morgan fingerprint density at radius 3 is 2.40 bits per heavy atom. The Hall–Kier alpha value is -1.69. The minimum Gasteiger partial charge on any atom is -0.325 e. The first-order valence-corrected chi connectivity index (χ1v) is 9.56. The predicted octanol–water partition coefficient (Wildman–Crippen LogP) is 4.85. The topological polar surface area (TPSA) is 49.4 Å². The van der Waals surface area contributed by atoms with Gasteiger partial charge in [0.15, 0.2) is 0 Å². The number of benzene rings is 2. The van der Waals surface area contributed by atoms with E-state index in [4.69, 9.17) is 23.2 Å². The summed E-state index contributed by atoms with van der Waals surface area (Å²) in [7, 11) is 0. The van der Waals surface area contributed by atoms with Crippen LogP contribution >= 0.6 is 35.0 Å². The van der Waals surface area contributed by atoms with Gasteiger partial charge in [0, 0.05) is 29.2 Å². The molecule has 0 aliphatic carbocycles. The lowest BCUT2D eigenvalue weighted by atomic mass is 10.2. The number of nitrogens with one attached hydrogen (secondary N) is 1. The molecule has 4 nitrogen and oxygen atoms in total. The van der Waals surface area contributed by atoms with E-state index in [-0.39, 0.29) is 17.6 Å². The maximum absolute atomic E-state index is 12.1. The third kappa shape index (κ3) is 4.48. The van der Waals surface area contributed by atoms with E-state index in [2.05, 4.69) is 5.32 Å². The molecule has 0 unspecified atom stereocenters. The van der Waals surface area contributed by atoms with Crippen molar-refractivity contribution < 1.29 is 9.59 Å². The second-order valence-corrected chi connectivity index (χ2v) is 7.38. The monoisotopic (exact) mass is 394 g/mol. The van der Waals surface area contributed by atoms with Gasteiger partial charge < -0.3 is 10.2 Å². The summed E-state index contributed by atoms with van der Waals surface area (Å²) >= 11 is 13.5. The molecule has 1 saturated heterocycles. The molecule has 0 spiro atoms. The number of anilines is 2. The minimum atomic E-state index is -0.147. The Morgan fingerprint density at radius 2 is 1.80 bits per heavy atom. The zero-order chi connectivity index (χ0) is 17.8. The van der Waals surface area contributed by atoms with E-state index in [1.54, 1.807) is 35.2 Å². The lowest BCUT2D eigenvalue weighted by molar-refractivity contribution is -0.117. The van der Waals surface area contributed by atoms with Crippen molar-refractivity contribution in [2.45, 2.75) is 17.7 Å². The molecule has 0 bridgehead atoms. The normalized spacial score (nSPS) is 14.0. The Bertz CT molecular complexity index is 776. The van der Waals surface area contributed by atoms with Crippen LogP contribution in [0.3, 0.4) is 0 Å². The number of carbonyl (C=O) groups excluding carboxylic acids is 2. The van der Waals surface area contributed by atoms with Gasteiger partial charge in [-0.05, 0) is 42.8 Å². The molecule has 25 heavy (non-hydrogen) atoms. The molecule has 7 heteroatoms. The molecular formula is C18H16Cl2N2O2S.